The first-order valence-electron chi connectivity index (χ1n) is 15.8. The molecule has 2 aromatic carbocycles. The van der Waals surface area contributed by atoms with Gasteiger partial charge in [0.05, 0.1) is 18.4 Å². The standard InChI is InChI=1S/C35H40F3N7O/c1-43-19-13-30(14-20-43)44-21-15-31(16-22-44)45(24-25-3-9-28(10-4-25)41-29-11-17-39-33(23-29)46-2)34-40-18-12-32(42-34)26-5-7-27(8-6-26)35(36,37)38/h3-12,17-18,23,30-31H,13-16,19-22,24H2,1-2H3,(H,39,41). The summed E-state index contributed by atoms with van der Waals surface area (Å²) in [5.41, 5.74) is 3.47. The molecule has 2 aromatic heterocycles. The summed E-state index contributed by atoms with van der Waals surface area (Å²) < 4.78 is 44.8. The van der Waals surface area contributed by atoms with E-state index in [-0.39, 0.29) is 6.04 Å². The fourth-order valence-electron chi connectivity index (χ4n) is 6.42. The Balaban J connectivity index is 1.21. The van der Waals surface area contributed by atoms with E-state index in [9.17, 15) is 13.2 Å². The van der Waals surface area contributed by atoms with Crippen LogP contribution in [-0.4, -0.2) is 77.2 Å². The van der Waals surface area contributed by atoms with Crippen molar-refractivity contribution in [3.63, 3.8) is 0 Å². The molecule has 0 atom stereocenters. The third kappa shape index (κ3) is 7.76. The smallest absolute Gasteiger partial charge is 0.416 e. The van der Waals surface area contributed by atoms with Crippen molar-refractivity contribution < 1.29 is 17.9 Å². The number of methoxy groups -OCH3 is 1. The highest BCUT2D eigenvalue weighted by atomic mass is 19.4. The molecule has 0 saturated carbocycles. The molecule has 1 N–H and O–H groups in total. The van der Waals surface area contributed by atoms with Gasteiger partial charge in [-0.05, 0) is 87.8 Å². The number of piperidine rings is 2. The van der Waals surface area contributed by atoms with Gasteiger partial charge in [-0.15, -0.1) is 0 Å². The number of hydrogen-bond acceptors (Lipinski definition) is 8. The zero-order valence-electron chi connectivity index (χ0n) is 26.2. The molecule has 0 unspecified atom stereocenters. The highest BCUT2D eigenvalue weighted by Crippen LogP contribution is 2.32. The van der Waals surface area contributed by atoms with Crippen molar-refractivity contribution in [1.82, 2.24) is 24.8 Å². The van der Waals surface area contributed by atoms with Crippen LogP contribution in [0, 0.1) is 0 Å². The van der Waals surface area contributed by atoms with Crippen molar-refractivity contribution in [1.29, 1.82) is 0 Å². The van der Waals surface area contributed by atoms with E-state index in [0.29, 0.717) is 35.7 Å². The fraction of sp³-hybridized carbons (Fsp3) is 0.400. The average Bonchev–Trinajstić information content (AvgIpc) is 3.08. The molecule has 11 heteroatoms. The summed E-state index contributed by atoms with van der Waals surface area (Å²) in [7, 11) is 3.78. The minimum atomic E-state index is -4.38. The van der Waals surface area contributed by atoms with Gasteiger partial charge in [-0.2, -0.15) is 13.2 Å². The Morgan fingerprint density at radius 2 is 1.54 bits per heavy atom. The van der Waals surface area contributed by atoms with Gasteiger partial charge >= 0.3 is 6.18 Å². The molecule has 4 aromatic rings. The van der Waals surface area contributed by atoms with Crippen molar-refractivity contribution in [2.45, 2.75) is 50.5 Å². The predicted octanol–water partition coefficient (Wildman–Crippen LogP) is 6.87. The van der Waals surface area contributed by atoms with Crippen LogP contribution in [0.2, 0.25) is 0 Å². The summed E-state index contributed by atoms with van der Waals surface area (Å²) in [5.74, 6) is 1.12. The number of rotatable bonds is 9. The SMILES string of the molecule is COc1cc(Nc2ccc(CN(c3nccc(-c4ccc(C(F)(F)F)cc4)n3)C3CCN(C4CCN(C)CC4)CC3)cc2)ccn1. The van der Waals surface area contributed by atoms with Crippen molar-refractivity contribution in [2.24, 2.45) is 0 Å². The molecule has 2 fully saturated rings. The first kappa shape index (κ1) is 31.7. The van der Waals surface area contributed by atoms with Gasteiger partial charge in [0.2, 0.25) is 11.8 Å². The van der Waals surface area contributed by atoms with Gasteiger partial charge in [-0.3, -0.25) is 0 Å². The number of anilines is 3. The molecule has 2 aliphatic heterocycles. The Morgan fingerprint density at radius 3 is 2.22 bits per heavy atom. The summed E-state index contributed by atoms with van der Waals surface area (Å²) in [5, 5.41) is 3.39. The number of aromatic nitrogens is 3. The van der Waals surface area contributed by atoms with E-state index in [4.69, 9.17) is 9.72 Å². The quantitative estimate of drug-likeness (QED) is 0.215. The number of ether oxygens (including phenoxy) is 1. The van der Waals surface area contributed by atoms with Crippen LogP contribution in [0.4, 0.5) is 30.5 Å². The Bertz CT molecular complexity index is 1570. The molecule has 8 nitrogen and oxygen atoms in total. The van der Waals surface area contributed by atoms with Crippen LogP contribution in [0.15, 0.2) is 79.1 Å². The van der Waals surface area contributed by atoms with Crippen molar-refractivity contribution in [2.75, 3.05) is 50.6 Å². The summed E-state index contributed by atoms with van der Waals surface area (Å²) in [4.78, 5) is 21.1. The molecular formula is C35H40F3N7O. The maximum atomic E-state index is 13.2. The van der Waals surface area contributed by atoms with E-state index in [0.717, 1.165) is 68.1 Å². The zero-order chi connectivity index (χ0) is 32.1. The van der Waals surface area contributed by atoms with E-state index in [2.05, 4.69) is 49.2 Å². The number of alkyl halides is 3. The molecule has 0 aliphatic carbocycles. The number of halogens is 3. The van der Waals surface area contributed by atoms with Crippen LogP contribution in [-0.2, 0) is 12.7 Å². The van der Waals surface area contributed by atoms with E-state index in [1.54, 1.807) is 25.6 Å². The lowest BCUT2D eigenvalue weighted by molar-refractivity contribution is -0.137. The average molecular weight is 632 g/mol. The molecule has 2 saturated heterocycles. The van der Waals surface area contributed by atoms with Crippen LogP contribution >= 0.6 is 0 Å². The van der Waals surface area contributed by atoms with Crippen molar-refractivity contribution in [3.8, 4) is 17.1 Å². The minimum absolute atomic E-state index is 0.229. The Hall–Kier alpha value is -4.22. The second kappa shape index (κ2) is 14.0. The Kier molecular flexibility index (Phi) is 9.70. The molecule has 0 amide bonds. The largest absolute Gasteiger partial charge is 0.481 e. The van der Waals surface area contributed by atoms with E-state index in [1.807, 2.05) is 24.3 Å². The monoisotopic (exact) mass is 631 g/mol. The topological polar surface area (TPSA) is 69.7 Å². The van der Waals surface area contributed by atoms with Gasteiger partial charge in [0.25, 0.3) is 0 Å². The van der Waals surface area contributed by atoms with E-state index >= 15 is 0 Å². The maximum Gasteiger partial charge on any atom is 0.416 e. The van der Waals surface area contributed by atoms with Crippen LogP contribution in [0.1, 0.15) is 36.8 Å². The Labute approximate surface area is 268 Å². The van der Waals surface area contributed by atoms with E-state index in [1.165, 1.54) is 25.0 Å². The van der Waals surface area contributed by atoms with Gasteiger partial charge in [0.15, 0.2) is 0 Å². The predicted molar refractivity (Wildman–Crippen MR) is 174 cm³/mol. The Morgan fingerprint density at radius 1 is 0.848 bits per heavy atom. The fourth-order valence-corrected chi connectivity index (χ4v) is 6.42. The van der Waals surface area contributed by atoms with Gasteiger partial charge in [0.1, 0.15) is 0 Å². The zero-order valence-corrected chi connectivity index (χ0v) is 26.2. The number of nitrogens with one attached hydrogen (secondary N) is 1. The second-order valence-electron chi connectivity index (χ2n) is 12.2. The molecule has 0 spiro atoms. The lowest BCUT2D eigenvalue weighted by Gasteiger charge is -2.43. The maximum absolute atomic E-state index is 13.2. The van der Waals surface area contributed by atoms with Crippen LogP contribution in [0.5, 0.6) is 5.88 Å². The summed E-state index contributed by atoms with van der Waals surface area (Å²) >= 11 is 0. The molecule has 0 bridgehead atoms. The number of likely N-dealkylation sites (tertiary alicyclic amines) is 2. The number of nitrogens with zero attached hydrogens (tertiary/aromatic N) is 6. The lowest BCUT2D eigenvalue weighted by Crippen LogP contribution is -2.51. The second-order valence-corrected chi connectivity index (χ2v) is 12.2. The minimum Gasteiger partial charge on any atom is -0.481 e. The molecule has 2 aliphatic rings. The van der Waals surface area contributed by atoms with Gasteiger partial charge in [-0.25, -0.2) is 15.0 Å². The van der Waals surface area contributed by atoms with Crippen molar-refractivity contribution in [3.05, 3.63) is 90.3 Å². The summed E-state index contributed by atoms with van der Waals surface area (Å²) in [6.07, 6.45) is 3.40. The van der Waals surface area contributed by atoms with Gasteiger partial charge in [-0.1, -0.05) is 24.3 Å². The third-order valence-corrected chi connectivity index (χ3v) is 9.09. The summed E-state index contributed by atoms with van der Waals surface area (Å²) in [6, 6.07) is 19.8. The van der Waals surface area contributed by atoms with E-state index < -0.39 is 11.7 Å². The first-order valence-corrected chi connectivity index (χ1v) is 15.8. The van der Waals surface area contributed by atoms with Crippen LogP contribution < -0.4 is 15.0 Å². The molecule has 0 radical (unpaired) electrons. The van der Waals surface area contributed by atoms with Crippen molar-refractivity contribution >= 4 is 17.3 Å². The van der Waals surface area contributed by atoms with Gasteiger partial charge < -0.3 is 24.8 Å². The lowest BCUT2D eigenvalue weighted by atomic mass is 9.97. The first-order chi connectivity index (χ1) is 22.2. The van der Waals surface area contributed by atoms with Crippen LogP contribution in [0.3, 0.4) is 0 Å². The number of benzene rings is 2. The molecule has 46 heavy (non-hydrogen) atoms. The third-order valence-electron chi connectivity index (χ3n) is 9.09. The highest BCUT2D eigenvalue weighted by Gasteiger charge is 2.32. The summed E-state index contributed by atoms with van der Waals surface area (Å²) in [6.45, 7) is 4.93. The normalized spacial score (nSPS) is 17.2. The molecule has 242 valence electrons. The molecular weight excluding hydrogens is 591 g/mol. The van der Waals surface area contributed by atoms with Crippen LogP contribution in [0.25, 0.3) is 11.3 Å². The number of hydrogen-bond donors (Lipinski definition) is 1. The molecule has 6 rings (SSSR count). The molecule has 4 heterocycles. The van der Waals surface area contributed by atoms with Gasteiger partial charge in [0, 0.05) is 67.1 Å². The highest BCUT2D eigenvalue weighted by molar-refractivity contribution is 5.62. The number of pyridine rings is 1.